The number of aromatic nitrogens is 2. The van der Waals surface area contributed by atoms with Crippen LogP contribution in [0.5, 0.6) is 0 Å². The lowest BCUT2D eigenvalue weighted by molar-refractivity contribution is -0.144. The first-order chi connectivity index (χ1) is 12.2. The second-order valence-electron chi connectivity index (χ2n) is 6.91. The van der Waals surface area contributed by atoms with Crippen molar-refractivity contribution in [3.63, 3.8) is 0 Å². The summed E-state index contributed by atoms with van der Waals surface area (Å²) in [4.78, 5) is 23.6. The quantitative estimate of drug-likeness (QED) is 0.798. The molecule has 140 valence electrons. The second-order valence-corrected chi connectivity index (χ2v) is 6.91. The third-order valence-corrected chi connectivity index (χ3v) is 3.66. The number of hydrogen-bond acceptors (Lipinski definition) is 4. The van der Waals surface area contributed by atoms with Crippen molar-refractivity contribution in [2.45, 2.75) is 46.0 Å². The van der Waals surface area contributed by atoms with E-state index >= 15 is 0 Å². The van der Waals surface area contributed by atoms with Crippen LogP contribution in [0.2, 0.25) is 0 Å². The first kappa shape index (κ1) is 19.6. The number of esters is 1. The standard InChI is InChI=1S/C19H24FN3O3/c1-5-26-18(25)10-9-17(24)21-16-12-15(19(2,3)4)22-23(16)14-8-6-7-13(20)11-14/h6-8,11-12H,5,9-10H2,1-4H3,(H,21,24). The molecule has 1 aromatic heterocycles. The van der Waals surface area contributed by atoms with E-state index in [1.807, 2.05) is 20.8 Å². The van der Waals surface area contributed by atoms with Crippen molar-refractivity contribution in [3.8, 4) is 5.69 Å². The van der Waals surface area contributed by atoms with Gasteiger partial charge in [0.2, 0.25) is 5.91 Å². The number of benzene rings is 1. The molecule has 0 bridgehead atoms. The van der Waals surface area contributed by atoms with Crippen LogP contribution < -0.4 is 5.32 Å². The van der Waals surface area contributed by atoms with Crippen LogP contribution in [0.3, 0.4) is 0 Å². The van der Waals surface area contributed by atoms with Gasteiger partial charge in [-0.2, -0.15) is 5.10 Å². The van der Waals surface area contributed by atoms with Crippen LogP contribution in [-0.4, -0.2) is 28.3 Å². The van der Waals surface area contributed by atoms with Gasteiger partial charge in [0.05, 0.1) is 24.4 Å². The Morgan fingerprint density at radius 1 is 1.23 bits per heavy atom. The van der Waals surface area contributed by atoms with Crippen molar-refractivity contribution in [1.82, 2.24) is 9.78 Å². The number of carbonyl (C=O) groups is 2. The molecule has 2 rings (SSSR count). The van der Waals surface area contributed by atoms with E-state index in [-0.39, 0.29) is 30.8 Å². The normalized spacial score (nSPS) is 11.3. The van der Waals surface area contributed by atoms with Crippen LogP contribution in [0.15, 0.2) is 30.3 Å². The van der Waals surface area contributed by atoms with Gasteiger partial charge in [-0.05, 0) is 25.1 Å². The van der Waals surface area contributed by atoms with E-state index in [2.05, 4.69) is 10.4 Å². The summed E-state index contributed by atoms with van der Waals surface area (Å²) in [6.45, 7) is 7.98. The van der Waals surface area contributed by atoms with Crippen LogP contribution in [0.4, 0.5) is 10.2 Å². The Bertz CT molecular complexity index is 794. The molecule has 26 heavy (non-hydrogen) atoms. The zero-order valence-corrected chi connectivity index (χ0v) is 15.5. The molecule has 2 aromatic rings. The van der Waals surface area contributed by atoms with Crippen LogP contribution in [0.1, 0.15) is 46.2 Å². The molecule has 0 unspecified atom stereocenters. The highest BCUT2D eigenvalue weighted by molar-refractivity contribution is 5.92. The molecule has 0 atom stereocenters. The molecule has 1 amide bonds. The maximum Gasteiger partial charge on any atom is 0.306 e. The van der Waals surface area contributed by atoms with Gasteiger partial charge in [-0.25, -0.2) is 9.07 Å². The monoisotopic (exact) mass is 361 g/mol. The fraction of sp³-hybridized carbons (Fsp3) is 0.421. The molecule has 0 spiro atoms. The van der Waals surface area contributed by atoms with Gasteiger partial charge < -0.3 is 10.1 Å². The minimum Gasteiger partial charge on any atom is -0.466 e. The van der Waals surface area contributed by atoms with Crippen molar-refractivity contribution in [1.29, 1.82) is 0 Å². The van der Waals surface area contributed by atoms with Gasteiger partial charge in [-0.3, -0.25) is 9.59 Å². The molecule has 0 aliphatic rings. The third-order valence-electron chi connectivity index (χ3n) is 3.66. The zero-order chi connectivity index (χ0) is 19.3. The van der Waals surface area contributed by atoms with Gasteiger partial charge in [-0.1, -0.05) is 26.8 Å². The van der Waals surface area contributed by atoms with Crippen molar-refractivity contribution in [2.24, 2.45) is 0 Å². The summed E-state index contributed by atoms with van der Waals surface area (Å²) < 4.78 is 19.9. The first-order valence-corrected chi connectivity index (χ1v) is 8.52. The molecule has 0 fully saturated rings. The molecular weight excluding hydrogens is 337 g/mol. The Balaban J connectivity index is 2.24. The predicted molar refractivity (Wildman–Crippen MR) is 96.7 cm³/mol. The number of ether oxygens (including phenoxy) is 1. The topological polar surface area (TPSA) is 73.2 Å². The number of anilines is 1. The molecule has 7 heteroatoms. The molecule has 0 aliphatic heterocycles. The number of hydrogen-bond donors (Lipinski definition) is 1. The summed E-state index contributed by atoms with van der Waals surface area (Å²) in [5, 5.41) is 7.26. The number of carbonyl (C=O) groups excluding carboxylic acids is 2. The maximum absolute atomic E-state index is 13.6. The summed E-state index contributed by atoms with van der Waals surface area (Å²) in [5.41, 5.74) is 1.01. The number of nitrogens with one attached hydrogen (secondary N) is 1. The fourth-order valence-corrected chi connectivity index (χ4v) is 2.30. The molecule has 0 saturated heterocycles. The smallest absolute Gasteiger partial charge is 0.306 e. The number of rotatable bonds is 6. The largest absolute Gasteiger partial charge is 0.466 e. The SMILES string of the molecule is CCOC(=O)CCC(=O)Nc1cc(C(C)(C)C)nn1-c1cccc(F)c1. The molecule has 0 saturated carbocycles. The molecular formula is C19H24FN3O3. The average Bonchev–Trinajstić information content (AvgIpc) is 2.97. The Morgan fingerprint density at radius 2 is 1.96 bits per heavy atom. The van der Waals surface area contributed by atoms with Crippen LogP contribution in [0, 0.1) is 5.82 Å². The zero-order valence-electron chi connectivity index (χ0n) is 15.5. The number of amides is 1. The summed E-state index contributed by atoms with van der Waals surface area (Å²) in [6.07, 6.45) is -0.00206. The van der Waals surface area contributed by atoms with Gasteiger partial charge in [0, 0.05) is 17.9 Å². The van der Waals surface area contributed by atoms with Crippen LogP contribution in [0.25, 0.3) is 5.69 Å². The van der Waals surface area contributed by atoms with E-state index in [9.17, 15) is 14.0 Å². The maximum atomic E-state index is 13.6. The summed E-state index contributed by atoms with van der Waals surface area (Å²) in [6, 6.07) is 7.72. The summed E-state index contributed by atoms with van der Waals surface area (Å²) in [7, 11) is 0. The Labute approximate surface area is 152 Å². The molecule has 0 radical (unpaired) electrons. The number of nitrogens with zero attached hydrogens (tertiary/aromatic N) is 2. The lowest BCUT2D eigenvalue weighted by Gasteiger charge is -2.14. The van der Waals surface area contributed by atoms with E-state index in [1.165, 1.54) is 16.8 Å². The van der Waals surface area contributed by atoms with Crippen LogP contribution in [-0.2, 0) is 19.7 Å². The summed E-state index contributed by atoms with van der Waals surface area (Å²) >= 11 is 0. The number of halogens is 1. The van der Waals surface area contributed by atoms with E-state index in [0.717, 1.165) is 5.69 Å². The molecule has 6 nitrogen and oxygen atoms in total. The molecule has 1 aromatic carbocycles. The fourth-order valence-electron chi connectivity index (χ4n) is 2.30. The average molecular weight is 361 g/mol. The highest BCUT2D eigenvalue weighted by Gasteiger charge is 2.21. The van der Waals surface area contributed by atoms with Crippen molar-refractivity contribution >= 4 is 17.7 Å². The van der Waals surface area contributed by atoms with E-state index in [1.54, 1.807) is 25.1 Å². The van der Waals surface area contributed by atoms with E-state index in [0.29, 0.717) is 11.5 Å². The van der Waals surface area contributed by atoms with Gasteiger partial charge >= 0.3 is 5.97 Å². The van der Waals surface area contributed by atoms with Gasteiger partial charge in [0.1, 0.15) is 11.6 Å². The van der Waals surface area contributed by atoms with Gasteiger partial charge in [0.15, 0.2) is 0 Å². The molecule has 1 N–H and O–H groups in total. The van der Waals surface area contributed by atoms with Crippen molar-refractivity contribution in [2.75, 3.05) is 11.9 Å². The first-order valence-electron chi connectivity index (χ1n) is 8.52. The van der Waals surface area contributed by atoms with Gasteiger partial charge in [-0.15, -0.1) is 0 Å². The van der Waals surface area contributed by atoms with E-state index in [4.69, 9.17) is 4.74 Å². The second kappa shape index (κ2) is 8.12. The van der Waals surface area contributed by atoms with Crippen molar-refractivity contribution in [3.05, 3.63) is 41.8 Å². The third kappa shape index (κ3) is 5.15. The molecule has 1 heterocycles. The molecule has 0 aliphatic carbocycles. The van der Waals surface area contributed by atoms with E-state index < -0.39 is 11.8 Å². The highest BCUT2D eigenvalue weighted by atomic mass is 19.1. The Hall–Kier alpha value is -2.70. The Morgan fingerprint density at radius 3 is 2.58 bits per heavy atom. The minimum atomic E-state index is -0.420. The summed E-state index contributed by atoms with van der Waals surface area (Å²) in [5.74, 6) is -0.725. The lowest BCUT2D eigenvalue weighted by atomic mass is 9.92. The predicted octanol–water partition coefficient (Wildman–Crippen LogP) is 3.59. The minimum absolute atomic E-state index is 0.0000957. The Kier molecular flexibility index (Phi) is 6.13. The van der Waals surface area contributed by atoms with Crippen LogP contribution >= 0.6 is 0 Å². The van der Waals surface area contributed by atoms with Gasteiger partial charge in [0.25, 0.3) is 0 Å². The van der Waals surface area contributed by atoms with Crippen molar-refractivity contribution < 1.29 is 18.7 Å². The highest BCUT2D eigenvalue weighted by Crippen LogP contribution is 2.26. The lowest BCUT2D eigenvalue weighted by Crippen LogP contribution is -2.17.